The fraction of sp³-hybridized carbons (Fsp3) is 0.182. The van der Waals surface area contributed by atoms with Crippen molar-refractivity contribution >= 4 is 5.69 Å². The molecular formula is C11H13N3O2. The minimum absolute atomic E-state index is 0.581. The highest BCUT2D eigenvalue weighted by atomic mass is 16.5. The van der Waals surface area contributed by atoms with Crippen molar-refractivity contribution in [3.8, 4) is 11.4 Å². The predicted octanol–water partition coefficient (Wildman–Crippen LogP) is 1.99. The second-order valence-electron chi connectivity index (χ2n) is 3.42. The van der Waals surface area contributed by atoms with E-state index in [0.717, 1.165) is 11.4 Å². The van der Waals surface area contributed by atoms with E-state index in [2.05, 4.69) is 10.5 Å². The smallest absolute Gasteiger partial charge is 0.145 e. The van der Waals surface area contributed by atoms with Gasteiger partial charge in [0, 0.05) is 12.3 Å². The molecule has 16 heavy (non-hydrogen) atoms. The molecule has 0 bridgehead atoms. The average molecular weight is 219 g/mol. The first-order valence-corrected chi connectivity index (χ1v) is 4.83. The van der Waals surface area contributed by atoms with Crippen LogP contribution in [0.15, 0.2) is 30.7 Å². The van der Waals surface area contributed by atoms with Crippen molar-refractivity contribution in [2.24, 2.45) is 0 Å². The Bertz CT molecular complexity index is 494. The summed E-state index contributed by atoms with van der Waals surface area (Å²) in [6.45, 7) is 1.92. The molecule has 1 aromatic carbocycles. The van der Waals surface area contributed by atoms with Crippen LogP contribution in [0.1, 0.15) is 5.69 Å². The molecule has 0 aliphatic heterocycles. The van der Waals surface area contributed by atoms with Gasteiger partial charge in [-0.1, -0.05) is 0 Å². The summed E-state index contributed by atoms with van der Waals surface area (Å²) in [5.74, 6) is 0.663. The first-order chi connectivity index (χ1) is 7.74. The van der Waals surface area contributed by atoms with Crippen LogP contribution >= 0.6 is 0 Å². The number of nitrogens with one attached hydrogen (secondary N) is 1. The standard InChI is InChI=1S/C11H13N3O2/c1-8-6-14(7-12-8)10-4-3-9(13-15)5-11(10)16-2/h3-7,13,15H,1-2H3. The van der Waals surface area contributed by atoms with Crippen LogP contribution in [0, 0.1) is 6.92 Å². The zero-order valence-corrected chi connectivity index (χ0v) is 9.14. The summed E-state index contributed by atoms with van der Waals surface area (Å²) in [6, 6.07) is 5.32. The monoisotopic (exact) mass is 219 g/mol. The molecule has 1 aromatic heterocycles. The van der Waals surface area contributed by atoms with Crippen LogP contribution < -0.4 is 10.2 Å². The van der Waals surface area contributed by atoms with Gasteiger partial charge in [0.25, 0.3) is 0 Å². The van der Waals surface area contributed by atoms with Crippen LogP contribution in [0.4, 0.5) is 5.69 Å². The molecule has 0 aliphatic carbocycles. The maximum atomic E-state index is 8.80. The fourth-order valence-electron chi connectivity index (χ4n) is 1.51. The van der Waals surface area contributed by atoms with Crippen molar-refractivity contribution in [3.63, 3.8) is 0 Å². The second-order valence-corrected chi connectivity index (χ2v) is 3.42. The molecule has 0 saturated heterocycles. The number of methoxy groups -OCH3 is 1. The van der Waals surface area contributed by atoms with Crippen molar-refractivity contribution in [2.45, 2.75) is 6.92 Å². The third-order valence-electron chi connectivity index (χ3n) is 2.30. The van der Waals surface area contributed by atoms with E-state index in [9.17, 15) is 0 Å². The number of rotatable bonds is 3. The number of nitrogens with zero attached hydrogens (tertiary/aromatic N) is 2. The topological polar surface area (TPSA) is 59.3 Å². The van der Waals surface area contributed by atoms with Gasteiger partial charge in [0.1, 0.15) is 5.75 Å². The Labute approximate surface area is 93.3 Å². The molecule has 0 radical (unpaired) electrons. The minimum atomic E-state index is 0.581. The van der Waals surface area contributed by atoms with Gasteiger partial charge in [-0.15, -0.1) is 0 Å². The Morgan fingerprint density at radius 3 is 2.81 bits per heavy atom. The van der Waals surface area contributed by atoms with Gasteiger partial charge < -0.3 is 9.30 Å². The van der Waals surface area contributed by atoms with Crippen LogP contribution in [0.3, 0.4) is 0 Å². The number of aromatic nitrogens is 2. The quantitative estimate of drug-likeness (QED) is 0.775. The van der Waals surface area contributed by atoms with Crippen LogP contribution in [0.25, 0.3) is 5.69 Å². The van der Waals surface area contributed by atoms with Gasteiger partial charge in [0.05, 0.1) is 30.5 Å². The average Bonchev–Trinajstić information content (AvgIpc) is 2.74. The number of hydrogen-bond acceptors (Lipinski definition) is 4. The van der Waals surface area contributed by atoms with E-state index >= 15 is 0 Å². The first kappa shape index (κ1) is 10.5. The number of anilines is 1. The molecule has 0 saturated carbocycles. The molecule has 5 nitrogen and oxygen atoms in total. The molecule has 0 aliphatic rings. The summed E-state index contributed by atoms with van der Waals surface area (Å²) in [5, 5.41) is 8.80. The van der Waals surface area contributed by atoms with E-state index in [4.69, 9.17) is 9.94 Å². The number of benzene rings is 1. The Hall–Kier alpha value is -2.01. The lowest BCUT2D eigenvalue weighted by Gasteiger charge is -2.10. The lowest BCUT2D eigenvalue weighted by atomic mass is 10.2. The first-order valence-electron chi connectivity index (χ1n) is 4.83. The number of aryl methyl sites for hydroxylation is 1. The van der Waals surface area contributed by atoms with Gasteiger partial charge in [-0.3, -0.25) is 10.7 Å². The lowest BCUT2D eigenvalue weighted by molar-refractivity contribution is 0.386. The summed E-state index contributed by atoms with van der Waals surface area (Å²) >= 11 is 0. The molecule has 84 valence electrons. The Balaban J connectivity index is 2.48. The van der Waals surface area contributed by atoms with Crippen LogP contribution in [0.5, 0.6) is 5.75 Å². The molecular weight excluding hydrogens is 206 g/mol. The van der Waals surface area contributed by atoms with E-state index < -0.39 is 0 Å². The molecule has 0 spiro atoms. The zero-order chi connectivity index (χ0) is 11.5. The molecule has 0 amide bonds. The molecule has 1 heterocycles. The Morgan fingerprint density at radius 2 is 2.25 bits per heavy atom. The number of imidazole rings is 1. The predicted molar refractivity (Wildman–Crippen MR) is 60.3 cm³/mol. The SMILES string of the molecule is COc1cc(NO)ccc1-n1cnc(C)c1. The summed E-state index contributed by atoms with van der Waals surface area (Å²) in [7, 11) is 1.59. The molecule has 5 heteroatoms. The largest absolute Gasteiger partial charge is 0.494 e. The van der Waals surface area contributed by atoms with Crippen molar-refractivity contribution in [2.75, 3.05) is 12.6 Å². The van der Waals surface area contributed by atoms with Crippen LogP contribution in [0.2, 0.25) is 0 Å². The van der Waals surface area contributed by atoms with Crippen molar-refractivity contribution in [3.05, 3.63) is 36.4 Å². The van der Waals surface area contributed by atoms with Gasteiger partial charge >= 0.3 is 0 Å². The molecule has 0 atom stereocenters. The summed E-state index contributed by atoms with van der Waals surface area (Å²) < 4.78 is 7.12. The second kappa shape index (κ2) is 4.24. The van der Waals surface area contributed by atoms with E-state index in [-0.39, 0.29) is 0 Å². The van der Waals surface area contributed by atoms with E-state index in [1.807, 2.05) is 23.8 Å². The highest BCUT2D eigenvalue weighted by Gasteiger charge is 2.06. The van der Waals surface area contributed by atoms with Crippen molar-refractivity contribution < 1.29 is 9.94 Å². The lowest BCUT2D eigenvalue weighted by Crippen LogP contribution is -1.97. The summed E-state index contributed by atoms with van der Waals surface area (Å²) in [6.07, 6.45) is 3.63. The summed E-state index contributed by atoms with van der Waals surface area (Å²) in [4.78, 5) is 4.15. The third kappa shape index (κ3) is 1.85. The Kier molecular flexibility index (Phi) is 2.78. The molecule has 0 unspecified atom stereocenters. The molecule has 2 aromatic rings. The fourth-order valence-corrected chi connectivity index (χ4v) is 1.51. The molecule has 0 fully saturated rings. The Morgan fingerprint density at radius 1 is 1.44 bits per heavy atom. The highest BCUT2D eigenvalue weighted by Crippen LogP contribution is 2.26. The zero-order valence-electron chi connectivity index (χ0n) is 9.14. The molecule has 2 rings (SSSR count). The number of ether oxygens (including phenoxy) is 1. The van der Waals surface area contributed by atoms with Gasteiger partial charge in [-0.2, -0.15) is 0 Å². The van der Waals surface area contributed by atoms with Crippen LogP contribution in [-0.4, -0.2) is 21.9 Å². The molecule has 2 N–H and O–H groups in total. The number of hydrogen-bond donors (Lipinski definition) is 2. The van der Waals surface area contributed by atoms with E-state index in [1.165, 1.54) is 0 Å². The maximum Gasteiger partial charge on any atom is 0.145 e. The van der Waals surface area contributed by atoms with Crippen molar-refractivity contribution in [1.29, 1.82) is 0 Å². The van der Waals surface area contributed by atoms with Gasteiger partial charge in [-0.25, -0.2) is 4.98 Å². The minimum Gasteiger partial charge on any atom is -0.494 e. The highest BCUT2D eigenvalue weighted by molar-refractivity contribution is 5.57. The van der Waals surface area contributed by atoms with E-state index in [0.29, 0.717) is 11.4 Å². The van der Waals surface area contributed by atoms with Crippen LogP contribution in [-0.2, 0) is 0 Å². The van der Waals surface area contributed by atoms with Crippen molar-refractivity contribution in [1.82, 2.24) is 9.55 Å². The van der Waals surface area contributed by atoms with Gasteiger partial charge in [0.2, 0.25) is 0 Å². The van der Waals surface area contributed by atoms with Gasteiger partial charge in [-0.05, 0) is 19.1 Å². The summed E-state index contributed by atoms with van der Waals surface area (Å²) in [5.41, 5.74) is 4.48. The maximum absolute atomic E-state index is 8.80. The third-order valence-corrected chi connectivity index (χ3v) is 2.30. The van der Waals surface area contributed by atoms with Gasteiger partial charge in [0.15, 0.2) is 0 Å². The normalized spacial score (nSPS) is 10.2. The van der Waals surface area contributed by atoms with E-state index in [1.54, 1.807) is 25.6 Å².